The zero-order valence-corrected chi connectivity index (χ0v) is 25.0. The number of anilines is 4. The maximum atomic E-state index is 2.45. The molecule has 0 aliphatic heterocycles. The van der Waals surface area contributed by atoms with Crippen LogP contribution in [0.15, 0.2) is 187 Å². The van der Waals surface area contributed by atoms with Crippen LogP contribution in [0.3, 0.4) is 0 Å². The molecule has 0 saturated heterocycles. The molecular formula is C42H38N2. The minimum atomic E-state index is 0.318. The van der Waals surface area contributed by atoms with Gasteiger partial charge in [0.1, 0.15) is 0 Å². The fourth-order valence-electron chi connectivity index (χ4n) is 6.54. The van der Waals surface area contributed by atoms with Crippen LogP contribution < -0.4 is 9.80 Å². The lowest BCUT2D eigenvalue weighted by Gasteiger charge is -2.33. The zero-order chi connectivity index (χ0) is 29.6. The van der Waals surface area contributed by atoms with Gasteiger partial charge in [-0.15, -0.1) is 0 Å². The van der Waals surface area contributed by atoms with Crippen LogP contribution in [0.2, 0.25) is 0 Å². The highest BCUT2D eigenvalue weighted by atomic mass is 15.2. The number of benzene rings is 4. The molecule has 0 amide bonds. The molecule has 2 heteroatoms. The molecule has 0 heterocycles. The van der Waals surface area contributed by atoms with Gasteiger partial charge < -0.3 is 9.80 Å². The number of rotatable bonds is 8. The second kappa shape index (κ2) is 13.1. The highest BCUT2D eigenvalue weighted by molar-refractivity contribution is 5.70. The second-order valence-corrected chi connectivity index (χ2v) is 11.7. The predicted molar refractivity (Wildman–Crippen MR) is 187 cm³/mol. The first-order chi connectivity index (χ1) is 21.8. The Balaban J connectivity index is 1.03. The molecule has 3 aliphatic rings. The Morgan fingerprint density at radius 2 is 1.07 bits per heavy atom. The molecule has 3 aliphatic carbocycles. The van der Waals surface area contributed by atoms with E-state index in [9.17, 15) is 0 Å². The van der Waals surface area contributed by atoms with Crippen LogP contribution >= 0.6 is 0 Å². The average molecular weight is 571 g/mol. The largest absolute Gasteiger partial charge is 0.334 e. The summed E-state index contributed by atoms with van der Waals surface area (Å²) in [5, 5.41) is 0. The molecule has 0 spiro atoms. The SMILES string of the molecule is C1=CCC(N(c2ccccc2)c2ccc(C3C=CC(C4C=CC(N(c5ccccc5)c5ccccc5)=CC4)=CC3)cc2)C=C1. The van der Waals surface area contributed by atoms with Crippen LogP contribution in [0.4, 0.5) is 22.7 Å². The van der Waals surface area contributed by atoms with Crippen molar-refractivity contribution in [3.8, 4) is 0 Å². The monoisotopic (exact) mass is 570 g/mol. The van der Waals surface area contributed by atoms with Crippen LogP contribution in [-0.2, 0) is 0 Å². The van der Waals surface area contributed by atoms with Crippen LogP contribution in [0.5, 0.6) is 0 Å². The number of hydrogen-bond donors (Lipinski definition) is 0. The molecule has 0 bridgehead atoms. The molecule has 4 aromatic rings. The number of hydrogen-bond acceptors (Lipinski definition) is 2. The summed E-state index contributed by atoms with van der Waals surface area (Å²) in [5.74, 6) is 0.810. The minimum Gasteiger partial charge on any atom is -0.334 e. The van der Waals surface area contributed by atoms with Gasteiger partial charge in [0.2, 0.25) is 0 Å². The molecule has 0 aromatic heterocycles. The maximum absolute atomic E-state index is 2.45. The predicted octanol–water partition coefficient (Wildman–Crippen LogP) is 11.0. The quantitative estimate of drug-likeness (QED) is 0.208. The second-order valence-electron chi connectivity index (χ2n) is 11.7. The summed E-state index contributed by atoms with van der Waals surface area (Å²) in [6, 6.07) is 41.6. The average Bonchev–Trinajstić information content (AvgIpc) is 3.11. The van der Waals surface area contributed by atoms with Gasteiger partial charge >= 0.3 is 0 Å². The van der Waals surface area contributed by atoms with Crippen molar-refractivity contribution in [2.75, 3.05) is 9.80 Å². The van der Waals surface area contributed by atoms with Crippen molar-refractivity contribution in [3.05, 3.63) is 193 Å². The van der Waals surface area contributed by atoms with Crippen molar-refractivity contribution in [3.63, 3.8) is 0 Å². The Morgan fingerprint density at radius 3 is 1.61 bits per heavy atom. The van der Waals surface area contributed by atoms with Crippen LogP contribution in [0, 0.1) is 5.92 Å². The van der Waals surface area contributed by atoms with E-state index in [1.54, 1.807) is 0 Å². The van der Waals surface area contributed by atoms with E-state index in [1.807, 2.05) is 0 Å². The smallest absolute Gasteiger partial charge is 0.0559 e. The molecule has 3 unspecified atom stereocenters. The van der Waals surface area contributed by atoms with Gasteiger partial charge in [0, 0.05) is 40.3 Å². The first kappa shape index (κ1) is 27.7. The van der Waals surface area contributed by atoms with Gasteiger partial charge in [-0.2, -0.15) is 0 Å². The fourth-order valence-corrected chi connectivity index (χ4v) is 6.54. The molecule has 0 radical (unpaired) electrons. The molecule has 3 atom stereocenters. The summed E-state index contributed by atoms with van der Waals surface area (Å²) in [7, 11) is 0. The van der Waals surface area contributed by atoms with Crippen LogP contribution in [0.1, 0.15) is 30.7 Å². The summed E-state index contributed by atoms with van der Waals surface area (Å²) < 4.78 is 0. The minimum absolute atomic E-state index is 0.318. The molecule has 0 saturated carbocycles. The Bertz CT molecular complexity index is 1680. The molecule has 7 rings (SSSR count). The van der Waals surface area contributed by atoms with E-state index in [1.165, 1.54) is 39.6 Å². The van der Waals surface area contributed by atoms with Gasteiger partial charge in [-0.3, -0.25) is 0 Å². The lowest BCUT2D eigenvalue weighted by molar-refractivity contribution is 0.744. The van der Waals surface area contributed by atoms with Crippen molar-refractivity contribution in [2.45, 2.75) is 31.2 Å². The lowest BCUT2D eigenvalue weighted by Crippen LogP contribution is -2.29. The molecule has 2 nitrogen and oxygen atoms in total. The third kappa shape index (κ3) is 6.02. The van der Waals surface area contributed by atoms with E-state index in [0.29, 0.717) is 17.9 Å². The standard InChI is InChI=1S/C42H38N2/c1-5-13-37(14-6-1)43(38-15-7-2-8-16-38)41-29-25-35(26-30-41)33-21-23-34(24-22-33)36-27-31-42(32-28-36)44(39-17-9-3-10-18-39)40-19-11-4-12-20-40/h1-19,21-23,25,27-32,34-35,40H,20,24,26H2. The van der Waals surface area contributed by atoms with Gasteiger partial charge in [0.15, 0.2) is 0 Å². The molecule has 216 valence electrons. The molecule has 0 fully saturated rings. The summed E-state index contributed by atoms with van der Waals surface area (Å²) in [4.78, 5) is 4.80. The molecule has 4 aromatic carbocycles. The van der Waals surface area contributed by atoms with E-state index in [0.717, 1.165) is 19.3 Å². The van der Waals surface area contributed by atoms with Crippen molar-refractivity contribution in [2.24, 2.45) is 5.92 Å². The molecular weight excluding hydrogens is 532 g/mol. The fraction of sp³-hybridized carbons (Fsp3) is 0.143. The maximum Gasteiger partial charge on any atom is 0.0559 e. The summed E-state index contributed by atoms with van der Waals surface area (Å²) in [6.45, 7) is 0. The highest BCUT2D eigenvalue weighted by Gasteiger charge is 2.22. The van der Waals surface area contributed by atoms with E-state index in [-0.39, 0.29) is 0 Å². The Kier molecular flexibility index (Phi) is 8.23. The van der Waals surface area contributed by atoms with Gasteiger partial charge in [-0.1, -0.05) is 121 Å². The zero-order valence-electron chi connectivity index (χ0n) is 25.0. The van der Waals surface area contributed by atoms with E-state index in [2.05, 4.69) is 186 Å². The third-order valence-electron chi connectivity index (χ3n) is 8.85. The highest BCUT2D eigenvalue weighted by Crippen LogP contribution is 2.37. The van der Waals surface area contributed by atoms with Crippen molar-refractivity contribution in [1.82, 2.24) is 0 Å². The first-order valence-electron chi connectivity index (χ1n) is 15.8. The van der Waals surface area contributed by atoms with Gasteiger partial charge in [0.25, 0.3) is 0 Å². The lowest BCUT2D eigenvalue weighted by atomic mass is 9.83. The van der Waals surface area contributed by atoms with Crippen molar-refractivity contribution < 1.29 is 0 Å². The number of nitrogens with zero attached hydrogens (tertiary/aromatic N) is 2. The molecule has 44 heavy (non-hydrogen) atoms. The van der Waals surface area contributed by atoms with Gasteiger partial charge in [-0.05, 0) is 85.0 Å². The Morgan fingerprint density at radius 1 is 0.477 bits per heavy atom. The Labute approximate surface area is 262 Å². The van der Waals surface area contributed by atoms with Crippen molar-refractivity contribution >= 4 is 22.7 Å². The summed E-state index contributed by atoms with van der Waals surface area (Å²) in [6.07, 6.45) is 26.2. The van der Waals surface area contributed by atoms with Gasteiger partial charge in [-0.25, -0.2) is 0 Å². The molecule has 0 N–H and O–H groups in total. The van der Waals surface area contributed by atoms with Crippen molar-refractivity contribution in [1.29, 1.82) is 0 Å². The number of allylic oxidation sites excluding steroid dienone is 9. The van der Waals surface area contributed by atoms with Crippen LogP contribution in [-0.4, -0.2) is 6.04 Å². The summed E-state index contributed by atoms with van der Waals surface area (Å²) in [5.41, 5.74) is 8.83. The summed E-state index contributed by atoms with van der Waals surface area (Å²) >= 11 is 0. The number of para-hydroxylation sites is 3. The van der Waals surface area contributed by atoms with E-state index in [4.69, 9.17) is 0 Å². The first-order valence-corrected chi connectivity index (χ1v) is 15.8. The normalized spacial score (nSPS) is 20.6. The van der Waals surface area contributed by atoms with Gasteiger partial charge in [0.05, 0.1) is 6.04 Å². The van der Waals surface area contributed by atoms with E-state index >= 15 is 0 Å². The Hall–Kier alpha value is -5.08. The van der Waals surface area contributed by atoms with E-state index < -0.39 is 0 Å². The topological polar surface area (TPSA) is 6.48 Å². The van der Waals surface area contributed by atoms with Crippen LogP contribution in [0.25, 0.3) is 0 Å². The third-order valence-corrected chi connectivity index (χ3v) is 8.85.